The Balaban J connectivity index is 0.000000120. The number of anilines is 3. The van der Waals surface area contributed by atoms with E-state index < -0.39 is 5.97 Å². The highest BCUT2D eigenvalue weighted by Gasteiger charge is 2.33. The van der Waals surface area contributed by atoms with Crippen molar-refractivity contribution in [3.05, 3.63) is 143 Å². The lowest BCUT2D eigenvalue weighted by Crippen LogP contribution is -2.30. The van der Waals surface area contributed by atoms with Gasteiger partial charge in [0.25, 0.3) is 11.1 Å². The fourth-order valence-corrected chi connectivity index (χ4v) is 19.9. The van der Waals surface area contributed by atoms with Crippen LogP contribution in [0, 0.1) is 10.6 Å². The molecular formula is C67H71FN12O9S12. The number of benzene rings is 1. The molecule has 3 aliphatic heterocycles. The summed E-state index contributed by atoms with van der Waals surface area (Å²) in [6.07, 6.45) is 13.3. The number of esters is 3. The predicted molar refractivity (Wildman–Crippen MR) is 424 cm³/mol. The molecule has 11 heterocycles. The van der Waals surface area contributed by atoms with Crippen LogP contribution in [0.5, 0.6) is 0 Å². The monoisotopic (exact) mass is 1590 g/mol. The van der Waals surface area contributed by atoms with Gasteiger partial charge in [-0.05, 0) is 197 Å². The van der Waals surface area contributed by atoms with E-state index in [1.54, 1.807) is 61.3 Å². The van der Waals surface area contributed by atoms with Crippen LogP contribution in [0.4, 0.5) is 19.4 Å². The smallest absolute Gasteiger partial charge is 0.341 e. The van der Waals surface area contributed by atoms with Crippen LogP contribution in [0.25, 0.3) is 30.9 Å². The van der Waals surface area contributed by atoms with Crippen LogP contribution < -0.4 is 53.7 Å². The number of Topliss-reactive ketones (excluding diaryl/α,β-unsaturated/α-hetero) is 1. The molecule has 21 nitrogen and oxygen atoms in total. The Labute approximate surface area is 634 Å². The fourth-order valence-electron chi connectivity index (χ4n) is 11.2. The number of hydrogen-bond donors (Lipinski definition) is 9. The van der Waals surface area contributed by atoms with Crippen molar-refractivity contribution in [2.75, 3.05) is 68.9 Å². The average molecular weight is 1590 g/mol. The quantitative estimate of drug-likeness (QED) is 0.0115. The standard InChI is InChI=1S/C16H15FN2O2S2.C15H12N2O2S3.C13H17N3O2S2.C12H13N3OS2.C11H14N2O2S3/c1-21-15(20)12-8-13(9-2-4-10(17)5-3-9)23-14(12)19-16(22)18-11-6-7-11;18-11(12-2-1-6-20-12)8-22-15-16-10-5-7-21-13(10)14(19)17(15)9-3-4-9;1-18-12(17)10-8-4-5-14-6-9(8)20-11(10)16-13(19)15-7-2-3-7;16-11-9-7-3-4-13-5-8(7)18-10(9)14-12(17)15(11)6-1-2-6;1-15-10(14)8-6-3-4-12-5-7(6)18-9(8)13-11(16)17-2/h2-5,8,11H,6-7H2,1H3,(H2,18,19,22);1-2,5-7,9H,3-4,8H2;7,14H,2-6H2,1H3,(H2,15,16,19);6,13H,1-5H2,(H,14,17);12H,3-5H2,1-2H3,(H,13,16). The van der Waals surface area contributed by atoms with Gasteiger partial charge in [-0.2, -0.15) is 0 Å². The number of methoxy groups -OCH3 is 3. The summed E-state index contributed by atoms with van der Waals surface area (Å²) in [6.45, 7) is 5.21. The van der Waals surface area contributed by atoms with E-state index in [-0.39, 0.29) is 40.7 Å². The lowest BCUT2D eigenvalue weighted by molar-refractivity contribution is 0.0592. The van der Waals surface area contributed by atoms with Gasteiger partial charge in [0.1, 0.15) is 34.7 Å². The number of aromatic nitrogens is 4. The summed E-state index contributed by atoms with van der Waals surface area (Å²) in [4.78, 5) is 87.4. The van der Waals surface area contributed by atoms with Gasteiger partial charge in [0.2, 0.25) is 0 Å². The molecule has 9 N–H and O–H groups in total. The van der Waals surface area contributed by atoms with E-state index in [2.05, 4.69) is 52.5 Å². The van der Waals surface area contributed by atoms with Crippen LogP contribution in [0.2, 0.25) is 0 Å². The molecule has 0 atom stereocenters. The van der Waals surface area contributed by atoms with Crippen molar-refractivity contribution in [3.63, 3.8) is 0 Å². The number of halogens is 1. The summed E-state index contributed by atoms with van der Waals surface area (Å²) in [5.41, 5.74) is 6.85. The molecule has 0 unspecified atom stereocenters. The van der Waals surface area contributed by atoms with Gasteiger partial charge in [-0.15, -0.1) is 79.8 Å². The van der Waals surface area contributed by atoms with Gasteiger partial charge in [-0.1, -0.05) is 42.2 Å². The highest BCUT2D eigenvalue weighted by molar-refractivity contribution is 8.23. The Morgan fingerprint density at radius 1 is 0.653 bits per heavy atom. The third-order valence-electron chi connectivity index (χ3n) is 16.8. The minimum absolute atomic E-state index is 0.0357. The SMILES string of the molecule is COC(=O)c1c(NC(=S)NC2CC2)sc2c1CCNC2.COC(=O)c1c(NC(=S)SC)sc2c1CCNC2.COC(=O)c1cc(-c2ccc(F)cc2)sc1NC(=S)NC1CC1.O=C(CSc1nc2ccsc2c(=O)n1C1CC1)c1cccs1.O=c1c2c3c(sc2[nH]c(=S)n1C1CC1)CNCC3. The van der Waals surface area contributed by atoms with E-state index in [0.29, 0.717) is 74.7 Å². The minimum atomic E-state index is -0.439. The summed E-state index contributed by atoms with van der Waals surface area (Å²) < 4.78 is 33.2. The van der Waals surface area contributed by atoms with Crippen LogP contribution in [0.3, 0.4) is 0 Å². The molecule has 16 rings (SSSR count). The Kier molecular flexibility index (Phi) is 25.2. The zero-order chi connectivity index (χ0) is 71.0. The maximum Gasteiger partial charge on any atom is 0.341 e. The maximum atomic E-state index is 13.1. The molecule has 7 aliphatic rings. The Morgan fingerprint density at radius 3 is 1.75 bits per heavy atom. The Morgan fingerprint density at radius 2 is 1.21 bits per heavy atom. The third kappa shape index (κ3) is 18.5. The molecule has 101 heavy (non-hydrogen) atoms. The number of fused-ring (bicyclic) bond motifs is 6. The van der Waals surface area contributed by atoms with E-state index in [1.165, 1.54) is 111 Å². The second kappa shape index (κ2) is 34.1. The van der Waals surface area contributed by atoms with Crippen molar-refractivity contribution in [2.24, 2.45) is 0 Å². The zero-order valence-corrected chi connectivity index (χ0v) is 64.9. The topological polar surface area (TPSA) is 265 Å². The molecular weight excluding hydrogens is 1520 g/mol. The van der Waals surface area contributed by atoms with Gasteiger partial charge >= 0.3 is 17.9 Å². The van der Waals surface area contributed by atoms with Crippen molar-refractivity contribution in [1.29, 1.82) is 0 Å². The molecule has 34 heteroatoms. The normalized spacial score (nSPS) is 15.5. The molecule has 0 bridgehead atoms. The van der Waals surface area contributed by atoms with Crippen molar-refractivity contribution < 1.29 is 37.8 Å². The first-order valence-electron chi connectivity index (χ1n) is 32.5. The second-order valence-corrected chi connectivity index (χ2v) is 33.9. The highest BCUT2D eigenvalue weighted by atomic mass is 32.2. The molecule has 9 aromatic rings. The molecule has 8 aromatic heterocycles. The van der Waals surface area contributed by atoms with Gasteiger partial charge in [-0.3, -0.25) is 23.5 Å². The molecule has 0 radical (unpaired) electrons. The van der Waals surface area contributed by atoms with Crippen LogP contribution in [0.1, 0.15) is 136 Å². The van der Waals surface area contributed by atoms with Crippen molar-refractivity contribution >= 4 is 214 Å². The second-order valence-electron chi connectivity index (χ2n) is 24.1. The summed E-state index contributed by atoms with van der Waals surface area (Å²) in [6, 6.07) is 14.9. The first-order chi connectivity index (χ1) is 48.9. The maximum absolute atomic E-state index is 13.1. The van der Waals surface area contributed by atoms with Crippen molar-refractivity contribution in [1.82, 2.24) is 45.7 Å². The Hall–Kier alpha value is -6.22. The van der Waals surface area contributed by atoms with Crippen molar-refractivity contribution in [2.45, 2.75) is 120 Å². The van der Waals surface area contributed by atoms with Crippen LogP contribution in [0.15, 0.2) is 74.0 Å². The number of ketones is 1. The van der Waals surface area contributed by atoms with Gasteiger partial charge in [0.05, 0.1) is 59.6 Å². The lowest BCUT2D eigenvalue weighted by atomic mass is 10.0. The number of ether oxygens (including phenoxy) is 3. The van der Waals surface area contributed by atoms with Crippen LogP contribution in [-0.2, 0) is 53.1 Å². The number of thiophene rings is 6. The van der Waals surface area contributed by atoms with Crippen LogP contribution >= 0.6 is 140 Å². The number of H-pyrrole nitrogens is 1. The molecule has 4 fully saturated rings. The molecule has 0 saturated heterocycles. The zero-order valence-electron chi connectivity index (χ0n) is 55.1. The van der Waals surface area contributed by atoms with E-state index in [9.17, 15) is 33.2 Å². The lowest BCUT2D eigenvalue weighted by Gasteiger charge is -2.13. The van der Waals surface area contributed by atoms with Gasteiger partial charge in [0, 0.05) is 63.3 Å². The van der Waals surface area contributed by atoms with Gasteiger partial charge in [0.15, 0.2) is 25.9 Å². The number of carbonyl (C=O) groups excluding carboxylic acids is 4. The first kappa shape index (κ1) is 74.5. The third-order valence-corrected chi connectivity index (χ3v) is 25.9. The molecule has 4 saturated carbocycles. The Bertz CT molecular complexity index is 4790. The summed E-state index contributed by atoms with van der Waals surface area (Å²) in [5, 5.41) is 34.3. The number of nitrogens with zero attached hydrogens (tertiary/aromatic N) is 3. The molecule has 1 aromatic carbocycles. The number of thiocarbonyl (C=S) groups is 3. The highest BCUT2D eigenvalue weighted by Crippen LogP contribution is 2.41. The van der Waals surface area contributed by atoms with Gasteiger partial charge in [-0.25, -0.2) is 23.8 Å². The summed E-state index contributed by atoms with van der Waals surface area (Å²) in [7, 11) is 4.16. The molecule has 0 spiro atoms. The van der Waals surface area contributed by atoms with E-state index in [4.69, 9.17) is 63.1 Å². The van der Waals surface area contributed by atoms with E-state index in [0.717, 1.165) is 162 Å². The number of hydrogen-bond acceptors (Lipinski definition) is 25. The van der Waals surface area contributed by atoms with Gasteiger partial charge < -0.3 is 61.7 Å². The largest absolute Gasteiger partial charge is 0.465 e. The molecule has 532 valence electrons. The number of aromatic amines is 1. The number of thioether (sulfide) groups is 2. The summed E-state index contributed by atoms with van der Waals surface area (Å²) >= 11 is 32.9. The van der Waals surface area contributed by atoms with Crippen LogP contribution in [-0.4, -0.2) is 122 Å². The number of rotatable bonds is 15. The number of carbonyl (C=O) groups is 4. The summed E-state index contributed by atoms with van der Waals surface area (Å²) in [5.74, 6) is -0.920. The van der Waals surface area contributed by atoms with E-state index >= 15 is 0 Å². The minimum Gasteiger partial charge on any atom is -0.465 e. The van der Waals surface area contributed by atoms with E-state index in [1.807, 2.05) is 35.2 Å². The first-order valence-corrected chi connectivity index (χ1v) is 41.3. The molecule has 0 amide bonds. The fraction of sp³-hybridized carbons (Fsp3) is 0.388. The molecule has 4 aliphatic carbocycles. The predicted octanol–water partition coefficient (Wildman–Crippen LogP) is 13.6. The number of nitrogens with one attached hydrogen (secondary N) is 9. The average Bonchev–Trinajstić information content (AvgIpc) is 1.60. The van der Waals surface area contributed by atoms with Crippen molar-refractivity contribution in [3.8, 4) is 10.4 Å².